The Morgan fingerprint density at radius 3 is 1.83 bits per heavy atom. The van der Waals surface area contributed by atoms with Crippen molar-refractivity contribution in [2.45, 2.75) is 36.6 Å². The molecule has 1 unspecified atom stereocenters. The summed E-state index contributed by atoms with van der Waals surface area (Å²) >= 11 is 0.927. The van der Waals surface area contributed by atoms with Gasteiger partial charge >= 0.3 is 6.18 Å². The monoisotopic (exact) mass is 507 g/mol. The molecule has 1 aromatic heterocycles. The van der Waals surface area contributed by atoms with Crippen molar-refractivity contribution >= 4 is 17.7 Å². The van der Waals surface area contributed by atoms with E-state index in [2.05, 4.69) is 9.97 Å². The normalized spacial score (nSPS) is 12.2. The number of halogens is 3. The Morgan fingerprint density at radius 2 is 1.33 bits per heavy atom. The van der Waals surface area contributed by atoms with Gasteiger partial charge in [0.05, 0.1) is 10.9 Å². The Labute approximate surface area is 212 Å². The Kier molecular flexibility index (Phi) is 8.05. The number of nitrogens with zero attached hydrogens (tertiary/aromatic N) is 3. The van der Waals surface area contributed by atoms with Crippen LogP contribution in [-0.2, 0) is 24.1 Å². The van der Waals surface area contributed by atoms with Gasteiger partial charge < -0.3 is 4.90 Å². The van der Waals surface area contributed by atoms with Gasteiger partial charge in [0.25, 0.3) is 0 Å². The summed E-state index contributed by atoms with van der Waals surface area (Å²) in [4.78, 5) is 23.3. The van der Waals surface area contributed by atoms with Gasteiger partial charge in [0.2, 0.25) is 5.91 Å². The standard InChI is InChI=1S/C28H24F3N3OS/c1-20(26(35)34(18-21-11-5-2-6-12-21)19-22-13-7-3-8-14-22)36-27-32-24(23-15-9-4-10-16-23)17-25(33-27)28(29,30)31/h2-17,20H,18-19H2,1H3. The molecule has 0 N–H and O–H groups in total. The molecule has 0 saturated heterocycles. The van der Waals surface area contributed by atoms with E-state index >= 15 is 0 Å². The van der Waals surface area contributed by atoms with E-state index in [1.54, 1.807) is 42.2 Å². The zero-order valence-corrected chi connectivity index (χ0v) is 20.3. The number of carbonyl (C=O) groups excluding carboxylic acids is 1. The summed E-state index contributed by atoms with van der Waals surface area (Å²) in [5.41, 5.74) is 1.58. The highest BCUT2D eigenvalue weighted by molar-refractivity contribution is 8.00. The van der Waals surface area contributed by atoms with E-state index < -0.39 is 17.1 Å². The molecule has 1 heterocycles. The van der Waals surface area contributed by atoms with Crippen LogP contribution in [0.25, 0.3) is 11.3 Å². The van der Waals surface area contributed by atoms with E-state index in [-0.39, 0.29) is 16.8 Å². The topological polar surface area (TPSA) is 46.1 Å². The molecule has 0 spiro atoms. The second-order valence-corrected chi connectivity index (χ2v) is 9.52. The predicted molar refractivity (Wildman–Crippen MR) is 135 cm³/mol. The number of hydrogen-bond acceptors (Lipinski definition) is 4. The van der Waals surface area contributed by atoms with Crippen molar-refractivity contribution in [2.24, 2.45) is 0 Å². The molecule has 36 heavy (non-hydrogen) atoms. The van der Waals surface area contributed by atoms with Gasteiger partial charge in [0.15, 0.2) is 5.16 Å². The fourth-order valence-corrected chi connectivity index (χ4v) is 4.53. The second kappa shape index (κ2) is 11.4. The number of benzene rings is 3. The average molecular weight is 508 g/mol. The molecular formula is C28H24F3N3OS. The minimum Gasteiger partial charge on any atom is -0.333 e. The van der Waals surface area contributed by atoms with Crippen LogP contribution in [0.2, 0.25) is 0 Å². The highest BCUT2D eigenvalue weighted by Gasteiger charge is 2.34. The van der Waals surface area contributed by atoms with E-state index in [1.165, 1.54) is 0 Å². The lowest BCUT2D eigenvalue weighted by Gasteiger charge is -2.26. The first-order chi connectivity index (χ1) is 17.3. The molecule has 4 rings (SSSR count). The molecule has 4 aromatic rings. The molecule has 0 bridgehead atoms. The third kappa shape index (κ3) is 6.73. The van der Waals surface area contributed by atoms with Gasteiger partial charge in [0, 0.05) is 18.7 Å². The maximum absolute atomic E-state index is 13.6. The van der Waals surface area contributed by atoms with Crippen LogP contribution in [0.1, 0.15) is 23.7 Å². The van der Waals surface area contributed by atoms with Crippen molar-refractivity contribution in [1.29, 1.82) is 0 Å². The van der Waals surface area contributed by atoms with Crippen LogP contribution < -0.4 is 0 Å². The van der Waals surface area contributed by atoms with Gasteiger partial charge in [-0.05, 0) is 24.1 Å². The fourth-order valence-electron chi connectivity index (χ4n) is 3.66. The highest BCUT2D eigenvalue weighted by Crippen LogP contribution is 2.33. The SMILES string of the molecule is CC(Sc1nc(-c2ccccc2)cc(C(F)(F)F)n1)C(=O)N(Cc1ccccc1)Cc1ccccc1. The van der Waals surface area contributed by atoms with Gasteiger partial charge in [-0.15, -0.1) is 0 Å². The molecule has 1 amide bonds. The number of rotatable bonds is 8. The van der Waals surface area contributed by atoms with E-state index in [1.807, 2.05) is 60.7 Å². The van der Waals surface area contributed by atoms with Crippen LogP contribution in [0.15, 0.2) is 102 Å². The van der Waals surface area contributed by atoms with Crippen LogP contribution in [0.4, 0.5) is 13.2 Å². The maximum atomic E-state index is 13.6. The molecule has 1 atom stereocenters. The van der Waals surface area contributed by atoms with Crippen LogP contribution in [0.5, 0.6) is 0 Å². The van der Waals surface area contributed by atoms with Crippen LogP contribution >= 0.6 is 11.8 Å². The van der Waals surface area contributed by atoms with E-state index in [0.29, 0.717) is 18.7 Å². The van der Waals surface area contributed by atoms with Crippen LogP contribution in [0, 0.1) is 0 Å². The number of alkyl halides is 3. The van der Waals surface area contributed by atoms with Crippen molar-refractivity contribution in [2.75, 3.05) is 0 Å². The third-order valence-corrected chi connectivity index (χ3v) is 6.39. The van der Waals surface area contributed by atoms with Gasteiger partial charge in [-0.1, -0.05) is 103 Å². The molecule has 8 heteroatoms. The fraction of sp³-hybridized carbons (Fsp3) is 0.179. The third-order valence-electron chi connectivity index (χ3n) is 5.44. The molecule has 4 nitrogen and oxygen atoms in total. The molecule has 184 valence electrons. The summed E-state index contributed by atoms with van der Waals surface area (Å²) in [5, 5.41) is -0.798. The van der Waals surface area contributed by atoms with E-state index in [0.717, 1.165) is 29.0 Å². The Bertz CT molecular complexity index is 1240. The zero-order valence-electron chi connectivity index (χ0n) is 19.5. The average Bonchev–Trinajstić information content (AvgIpc) is 2.89. The highest BCUT2D eigenvalue weighted by atomic mass is 32.2. The minimum atomic E-state index is -4.64. The van der Waals surface area contributed by atoms with Crippen molar-refractivity contribution in [3.8, 4) is 11.3 Å². The first-order valence-corrected chi connectivity index (χ1v) is 12.2. The minimum absolute atomic E-state index is 0.0936. The quantitative estimate of drug-likeness (QED) is 0.193. The molecule has 0 saturated carbocycles. The molecule has 0 radical (unpaired) electrons. The van der Waals surface area contributed by atoms with Crippen molar-refractivity contribution < 1.29 is 18.0 Å². The second-order valence-electron chi connectivity index (χ2n) is 8.21. The van der Waals surface area contributed by atoms with Crippen molar-refractivity contribution in [1.82, 2.24) is 14.9 Å². The first-order valence-electron chi connectivity index (χ1n) is 11.3. The number of carbonyl (C=O) groups is 1. The molecule has 0 aliphatic rings. The largest absolute Gasteiger partial charge is 0.433 e. The Hall–Kier alpha value is -3.65. The number of aromatic nitrogens is 2. The Morgan fingerprint density at radius 1 is 0.833 bits per heavy atom. The summed E-state index contributed by atoms with van der Waals surface area (Å²) in [6.45, 7) is 2.41. The van der Waals surface area contributed by atoms with Crippen LogP contribution in [0.3, 0.4) is 0 Å². The summed E-state index contributed by atoms with van der Waals surface area (Å²) in [6.07, 6.45) is -4.64. The number of thioether (sulfide) groups is 1. The molecular weight excluding hydrogens is 483 g/mol. The maximum Gasteiger partial charge on any atom is 0.433 e. The van der Waals surface area contributed by atoms with Gasteiger partial charge in [0.1, 0.15) is 5.69 Å². The van der Waals surface area contributed by atoms with Gasteiger partial charge in [-0.25, -0.2) is 9.97 Å². The lowest BCUT2D eigenvalue weighted by atomic mass is 10.1. The van der Waals surface area contributed by atoms with Gasteiger partial charge in [-0.3, -0.25) is 4.79 Å². The molecule has 0 aliphatic carbocycles. The number of hydrogen-bond donors (Lipinski definition) is 0. The van der Waals surface area contributed by atoms with Crippen LogP contribution in [-0.4, -0.2) is 26.0 Å². The molecule has 0 fully saturated rings. The van der Waals surface area contributed by atoms with Gasteiger partial charge in [-0.2, -0.15) is 13.2 Å². The summed E-state index contributed by atoms with van der Waals surface area (Å²) in [5.74, 6) is -0.213. The zero-order chi connectivity index (χ0) is 25.5. The number of amides is 1. The van der Waals surface area contributed by atoms with Crippen molar-refractivity contribution in [3.05, 3.63) is 114 Å². The lowest BCUT2D eigenvalue weighted by Crippen LogP contribution is -2.35. The summed E-state index contributed by atoms with van der Waals surface area (Å²) in [7, 11) is 0. The molecule has 3 aromatic carbocycles. The van der Waals surface area contributed by atoms with E-state index in [9.17, 15) is 18.0 Å². The molecule has 0 aliphatic heterocycles. The summed E-state index contributed by atoms with van der Waals surface area (Å²) < 4.78 is 40.8. The Balaban J connectivity index is 1.60. The summed E-state index contributed by atoms with van der Waals surface area (Å²) in [6, 6.07) is 28.7. The predicted octanol–water partition coefficient (Wildman–Crippen LogP) is 6.87. The van der Waals surface area contributed by atoms with Crippen molar-refractivity contribution in [3.63, 3.8) is 0 Å². The smallest absolute Gasteiger partial charge is 0.333 e. The van der Waals surface area contributed by atoms with E-state index in [4.69, 9.17) is 0 Å². The first kappa shape index (κ1) is 25.4. The lowest BCUT2D eigenvalue weighted by molar-refractivity contribution is -0.141.